The molecule has 0 aliphatic carbocycles. The Balaban J connectivity index is 1.30. The Morgan fingerprint density at radius 3 is 2.48 bits per heavy atom. The van der Waals surface area contributed by atoms with Crippen LogP contribution in [0.1, 0.15) is 32.3 Å². The van der Waals surface area contributed by atoms with Crippen molar-refractivity contribution >= 4 is 11.7 Å². The molecule has 0 radical (unpaired) electrons. The van der Waals surface area contributed by atoms with Gasteiger partial charge in [-0.15, -0.1) is 0 Å². The van der Waals surface area contributed by atoms with Crippen LogP contribution >= 0.6 is 0 Å². The zero-order valence-electron chi connectivity index (χ0n) is 18.2. The standard InChI is InChI=1S/C25H30N4O2/c1-19(2)31-22-9-7-20(8-10-22)18-27-25(30)21-11-16-29(17-12-21)24-23(6-5-13-26-24)28-14-3-4-15-28/h3-10,13-15,19,21H,11-12,16-18H2,1-2H3,(H,27,30). The van der Waals surface area contributed by atoms with Gasteiger partial charge in [-0.3, -0.25) is 4.79 Å². The number of piperidine rings is 1. The molecule has 1 aromatic carbocycles. The van der Waals surface area contributed by atoms with Gasteiger partial charge in [-0.1, -0.05) is 12.1 Å². The summed E-state index contributed by atoms with van der Waals surface area (Å²) in [6.45, 7) is 6.21. The second-order valence-electron chi connectivity index (χ2n) is 8.23. The summed E-state index contributed by atoms with van der Waals surface area (Å²) >= 11 is 0. The summed E-state index contributed by atoms with van der Waals surface area (Å²) in [7, 11) is 0. The van der Waals surface area contributed by atoms with E-state index < -0.39 is 0 Å². The first-order valence-electron chi connectivity index (χ1n) is 11.0. The molecular weight excluding hydrogens is 388 g/mol. The molecule has 162 valence electrons. The Labute approximate surface area is 183 Å². The monoisotopic (exact) mass is 418 g/mol. The topological polar surface area (TPSA) is 59.4 Å². The Kier molecular flexibility index (Phi) is 6.55. The van der Waals surface area contributed by atoms with E-state index in [4.69, 9.17) is 4.74 Å². The van der Waals surface area contributed by atoms with Gasteiger partial charge in [0.25, 0.3) is 0 Å². The second kappa shape index (κ2) is 9.69. The molecule has 1 aliphatic rings. The highest BCUT2D eigenvalue weighted by Crippen LogP contribution is 2.27. The van der Waals surface area contributed by atoms with Crippen molar-refractivity contribution in [2.45, 2.75) is 39.3 Å². The molecule has 2 aromatic heterocycles. The number of carbonyl (C=O) groups excluding carboxylic acids is 1. The molecule has 1 amide bonds. The maximum atomic E-state index is 12.7. The molecule has 3 heterocycles. The van der Waals surface area contributed by atoms with Crippen molar-refractivity contribution in [3.63, 3.8) is 0 Å². The minimum Gasteiger partial charge on any atom is -0.491 e. The third kappa shape index (κ3) is 5.26. The lowest BCUT2D eigenvalue weighted by Crippen LogP contribution is -2.41. The molecule has 0 bridgehead atoms. The van der Waals surface area contributed by atoms with Crippen LogP contribution in [0.4, 0.5) is 5.82 Å². The van der Waals surface area contributed by atoms with Crippen molar-refractivity contribution in [3.05, 3.63) is 72.7 Å². The van der Waals surface area contributed by atoms with Crippen molar-refractivity contribution in [1.82, 2.24) is 14.9 Å². The minimum absolute atomic E-state index is 0.0403. The highest BCUT2D eigenvalue weighted by Gasteiger charge is 2.26. The molecule has 0 unspecified atom stereocenters. The molecule has 0 saturated carbocycles. The quantitative estimate of drug-likeness (QED) is 0.625. The number of ether oxygens (including phenoxy) is 1. The first-order chi connectivity index (χ1) is 15.1. The normalized spacial score (nSPS) is 14.6. The van der Waals surface area contributed by atoms with E-state index in [-0.39, 0.29) is 17.9 Å². The Morgan fingerprint density at radius 1 is 1.10 bits per heavy atom. The van der Waals surface area contributed by atoms with Crippen LogP contribution < -0.4 is 15.0 Å². The zero-order valence-corrected chi connectivity index (χ0v) is 18.2. The van der Waals surface area contributed by atoms with Crippen molar-refractivity contribution < 1.29 is 9.53 Å². The molecule has 6 heteroatoms. The van der Waals surface area contributed by atoms with E-state index in [2.05, 4.69) is 25.8 Å². The first kappa shape index (κ1) is 21.0. The Hall–Kier alpha value is -3.28. The highest BCUT2D eigenvalue weighted by molar-refractivity contribution is 5.79. The average Bonchev–Trinajstić information content (AvgIpc) is 3.33. The minimum atomic E-state index is 0.0403. The van der Waals surface area contributed by atoms with Gasteiger partial charge in [0.15, 0.2) is 5.82 Å². The fourth-order valence-corrected chi connectivity index (χ4v) is 3.97. The van der Waals surface area contributed by atoms with E-state index in [0.717, 1.165) is 48.7 Å². The predicted molar refractivity (Wildman–Crippen MR) is 123 cm³/mol. The summed E-state index contributed by atoms with van der Waals surface area (Å²) in [5.41, 5.74) is 2.15. The van der Waals surface area contributed by atoms with Gasteiger partial charge in [0.05, 0.1) is 11.8 Å². The van der Waals surface area contributed by atoms with Crippen molar-refractivity contribution in [1.29, 1.82) is 0 Å². The van der Waals surface area contributed by atoms with E-state index >= 15 is 0 Å². The molecule has 0 spiro atoms. The maximum Gasteiger partial charge on any atom is 0.223 e. The van der Waals surface area contributed by atoms with Crippen LogP contribution in [-0.4, -0.2) is 34.7 Å². The number of carbonyl (C=O) groups is 1. The van der Waals surface area contributed by atoms with Gasteiger partial charge >= 0.3 is 0 Å². The smallest absolute Gasteiger partial charge is 0.223 e. The van der Waals surface area contributed by atoms with Crippen LogP contribution in [0.5, 0.6) is 5.75 Å². The van der Waals surface area contributed by atoms with Crippen LogP contribution in [0.25, 0.3) is 5.69 Å². The van der Waals surface area contributed by atoms with Gasteiger partial charge in [-0.2, -0.15) is 0 Å². The third-order valence-electron chi connectivity index (χ3n) is 5.58. The lowest BCUT2D eigenvalue weighted by molar-refractivity contribution is -0.125. The molecule has 1 aliphatic heterocycles. The molecule has 1 N–H and O–H groups in total. The van der Waals surface area contributed by atoms with E-state index in [1.54, 1.807) is 0 Å². The number of benzene rings is 1. The van der Waals surface area contributed by atoms with Gasteiger partial charge in [0.1, 0.15) is 5.75 Å². The van der Waals surface area contributed by atoms with E-state index in [1.807, 2.05) is 74.9 Å². The Bertz CT molecular complexity index is 975. The molecule has 1 fully saturated rings. The number of rotatable bonds is 7. The second-order valence-corrected chi connectivity index (χ2v) is 8.23. The summed E-state index contributed by atoms with van der Waals surface area (Å²) in [4.78, 5) is 19.6. The number of anilines is 1. The fraction of sp³-hybridized carbons (Fsp3) is 0.360. The van der Waals surface area contributed by atoms with Crippen LogP contribution in [0.2, 0.25) is 0 Å². The van der Waals surface area contributed by atoms with Gasteiger partial charge in [-0.05, 0) is 68.7 Å². The van der Waals surface area contributed by atoms with Crippen LogP contribution in [0, 0.1) is 5.92 Å². The van der Waals surface area contributed by atoms with E-state index in [0.29, 0.717) is 6.54 Å². The molecule has 0 atom stereocenters. The molecule has 31 heavy (non-hydrogen) atoms. The van der Waals surface area contributed by atoms with Crippen LogP contribution in [-0.2, 0) is 11.3 Å². The number of nitrogens with one attached hydrogen (secondary N) is 1. The average molecular weight is 419 g/mol. The molecule has 1 saturated heterocycles. The molecule has 3 aromatic rings. The summed E-state index contributed by atoms with van der Waals surface area (Å²) in [6, 6.07) is 16.0. The third-order valence-corrected chi connectivity index (χ3v) is 5.58. The lowest BCUT2D eigenvalue weighted by Gasteiger charge is -2.33. The fourth-order valence-electron chi connectivity index (χ4n) is 3.97. The lowest BCUT2D eigenvalue weighted by atomic mass is 9.95. The van der Waals surface area contributed by atoms with Crippen LogP contribution in [0.15, 0.2) is 67.1 Å². The van der Waals surface area contributed by atoms with Gasteiger partial charge < -0.3 is 19.5 Å². The van der Waals surface area contributed by atoms with E-state index in [1.165, 1.54) is 0 Å². The Morgan fingerprint density at radius 2 is 1.81 bits per heavy atom. The van der Waals surface area contributed by atoms with Crippen LogP contribution in [0.3, 0.4) is 0 Å². The number of pyridine rings is 1. The summed E-state index contributed by atoms with van der Waals surface area (Å²) in [5, 5.41) is 3.10. The van der Waals surface area contributed by atoms with Crippen molar-refractivity contribution in [2.75, 3.05) is 18.0 Å². The highest BCUT2D eigenvalue weighted by atomic mass is 16.5. The largest absolute Gasteiger partial charge is 0.491 e. The SMILES string of the molecule is CC(C)Oc1ccc(CNC(=O)C2CCN(c3ncccc3-n3cccc3)CC2)cc1. The number of nitrogens with zero attached hydrogens (tertiary/aromatic N) is 3. The summed E-state index contributed by atoms with van der Waals surface area (Å²) in [6.07, 6.45) is 7.70. The molecular formula is C25H30N4O2. The number of amides is 1. The van der Waals surface area contributed by atoms with Gasteiger partial charge in [0, 0.05) is 44.1 Å². The number of hydrogen-bond acceptors (Lipinski definition) is 4. The van der Waals surface area contributed by atoms with Gasteiger partial charge in [0.2, 0.25) is 5.91 Å². The summed E-state index contributed by atoms with van der Waals surface area (Å²) < 4.78 is 7.75. The summed E-state index contributed by atoms with van der Waals surface area (Å²) in [5.74, 6) is 2.00. The first-order valence-corrected chi connectivity index (χ1v) is 11.0. The van der Waals surface area contributed by atoms with Crippen molar-refractivity contribution in [2.24, 2.45) is 5.92 Å². The predicted octanol–water partition coefficient (Wildman–Crippen LogP) is 4.19. The maximum absolute atomic E-state index is 12.7. The molecule has 6 nitrogen and oxygen atoms in total. The molecule has 4 rings (SSSR count). The van der Waals surface area contributed by atoms with Gasteiger partial charge in [-0.25, -0.2) is 4.98 Å². The zero-order chi connectivity index (χ0) is 21.6. The van der Waals surface area contributed by atoms with Crippen molar-refractivity contribution in [3.8, 4) is 11.4 Å². The number of hydrogen-bond donors (Lipinski definition) is 1. The van der Waals surface area contributed by atoms with E-state index in [9.17, 15) is 4.79 Å². The number of aromatic nitrogens is 2.